The number of nitrogens with zero attached hydrogens (tertiary/aromatic N) is 1. The van der Waals surface area contributed by atoms with Gasteiger partial charge in [-0.05, 0) is 37.3 Å². The summed E-state index contributed by atoms with van der Waals surface area (Å²) in [6.45, 7) is 1.76. The second kappa shape index (κ2) is 7.43. The third-order valence-corrected chi connectivity index (χ3v) is 4.70. The molecule has 3 heteroatoms. The van der Waals surface area contributed by atoms with Crippen molar-refractivity contribution in [1.29, 1.82) is 0 Å². The fourth-order valence-electron chi connectivity index (χ4n) is 3.26. The minimum absolute atomic E-state index is 0.0345. The van der Waals surface area contributed by atoms with Crippen molar-refractivity contribution in [2.45, 2.75) is 38.1 Å². The number of ketones is 1. The van der Waals surface area contributed by atoms with Crippen LogP contribution in [0.2, 0.25) is 0 Å². The Bertz CT molecular complexity index is 653. The van der Waals surface area contributed by atoms with E-state index in [0.29, 0.717) is 0 Å². The fourth-order valence-corrected chi connectivity index (χ4v) is 3.26. The molecular weight excluding hydrogens is 298 g/mol. The van der Waals surface area contributed by atoms with Gasteiger partial charge in [0.1, 0.15) is 5.78 Å². The highest BCUT2D eigenvalue weighted by atomic mass is 16.2. The number of amides is 1. The Morgan fingerprint density at radius 3 is 1.83 bits per heavy atom. The van der Waals surface area contributed by atoms with E-state index in [1.54, 1.807) is 11.8 Å². The van der Waals surface area contributed by atoms with Gasteiger partial charge in [-0.3, -0.25) is 9.59 Å². The Hall–Kier alpha value is -2.42. The molecule has 0 atom stereocenters. The predicted octanol–water partition coefficient (Wildman–Crippen LogP) is 3.79. The van der Waals surface area contributed by atoms with Crippen molar-refractivity contribution < 1.29 is 9.59 Å². The number of rotatable bonds is 6. The molecule has 2 aromatic rings. The summed E-state index contributed by atoms with van der Waals surface area (Å²) in [5.74, 6) is -0.283. The minimum atomic E-state index is -0.354. The number of carbonyl (C=O) groups excluding carboxylic acids is 2. The number of carbonyl (C=O) groups is 2. The Kier molecular flexibility index (Phi) is 5.09. The predicted molar refractivity (Wildman–Crippen MR) is 94.8 cm³/mol. The van der Waals surface area contributed by atoms with Crippen LogP contribution in [0.3, 0.4) is 0 Å². The van der Waals surface area contributed by atoms with Crippen LogP contribution in [0.5, 0.6) is 0 Å². The first-order valence-electron chi connectivity index (χ1n) is 8.56. The van der Waals surface area contributed by atoms with Gasteiger partial charge >= 0.3 is 0 Å². The van der Waals surface area contributed by atoms with Gasteiger partial charge in [-0.1, -0.05) is 60.7 Å². The molecule has 1 saturated carbocycles. The topological polar surface area (TPSA) is 37.4 Å². The first kappa shape index (κ1) is 16.4. The van der Waals surface area contributed by atoms with Gasteiger partial charge < -0.3 is 4.90 Å². The molecule has 1 aliphatic carbocycles. The first-order valence-corrected chi connectivity index (χ1v) is 8.56. The van der Waals surface area contributed by atoms with Crippen molar-refractivity contribution >= 4 is 11.7 Å². The average molecular weight is 321 g/mol. The van der Waals surface area contributed by atoms with Crippen LogP contribution >= 0.6 is 0 Å². The molecule has 124 valence electrons. The lowest BCUT2D eigenvalue weighted by atomic mass is 9.86. The summed E-state index contributed by atoms with van der Waals surface area (Å²) >= 11 is 0. The van der Waals surface area contributed by atoms with Crippen molar-refractivity contribution in [3.8, 4) is 0 Å². The number of benzene rings is 2. The van der Waals surface area contributed by atoms with Gasteiger partial charge in [-0.15, -0.1) is 0 Å². The molecule has 1 fully saturated rings. The Morgan fingerprint density at radius 2 is 1.46 bits per heavy atom. The third-order valence-electron chi connectivity index (χ3n) is 4.70. The van der Waals surface area contributed by atoms with Crippen LogP contribution in [0, 0.1) is 0 Å². The second-order valence-electron chi connectivity index (χ2n) is 6.51. The van der Waals surface area contributed by atoms with E-state index in [1.807, 2.05) is 60.7 Å². The average Bonchev–Trinajstić information content (AvgIpc) is 2.54. The van der Waals surface area contributed by atoms with E-state index in [4.69, 9.17) is 0 Å². The lowest BCUT2D eigenvalue weighted by Gasteiger charge is -2.39. The summed E-state index contributed by atoms with van der Waals surface area (Å²) in [7, 11) is 0. The lowest BCUT2D eigenvalue weighted by molar-refractivity contribution is -0.139. The summed E-state index contributed by atoms with van der Waals surface area (Å²) in [5.41, 5.74) is 1.95. The number of hydrogen-bond acceptors (Lipinski definition) is 2. The Balaban J connectivity index is 1.97. The van der Waals surface area contributed by atoms with Crippen LogP contribution in [0.25, 0.3) is 0 Å². The van der Waals surface area contributed by atoms with Crippen LogP contribution in [-0.4, -0.2) is 29.2 Å². The SMILES string of the molecule is CC(=O)CN(C(=O)C(c1ccccc1)c1ccccc1)C1CCC1. The van der Waals surface area contributed by atoms with E-state index in [-0.39, 0.29) is 30.2 Å². The number of hydrogen-bond donors (Lipinski definition) is 0. The molecule has 0 aliphatic heterocycles. The van der Waals surface area contributed by atoms with Crippen LogP contribution in [0.1, 0.15) is 43.2 Å². The van der Waals surface area contributed by atoms with Gasteiger partial charge in [0.2, 0.25) is 5.91 Å². The molecule has 0 bridgehead atoms. The zero-order chi connectivity index (χ0) is 16.9. The highest BCUT2D eigenvalue weighted by molar-refractivity contribution is 5.91. The molecule has 3 nitrogen and oxygen atoms in total. The van der Waals surface area contributed by atoms with Gasteiger partial charge in [-0.25, -0.2) is 0 Å². The zero-order valence-corrected chi connectivity index (χ0v) is 14.0. The molecule has 0 N–H and O–H groups in total. The van der Waals surface area contributed by atoms with Crippen LogP contribution < -0.4 is 0 Å². The lowest BCUT2D eigenvalue weighted by Crippen LogP contribution is -2.48. The van der Waals surface area contributed by atoms with E-state index in [2.05, 4.69) is 0 Å². The molecule has 0 radical (unpaired) electrons. The zero-order valence-electron chi connectivity index (χ0n) is 14.0. The summed E-state index contributed by atoms with van der Waals surface area (Å²) in [4.78, 5) is 26.9. The smallest absolute Gasteiger partial charge is 0.235 e. The molecule has 0 unspecified atom stereocenters. The monoisotopic (exact) mass is 321 g/mol. The van der Waals surface area contributed by atoms with Crippen molar-refractivity contribution in [2.75, 3.05) is 6.54 Å². The highest BCUT2D eigenvalue weighted by Crippen LogP contribution is 2.32. The molecule has 3 rings (SSSR count). The maximum atomic E-state index is 13.4. The largest absolute Gasteiger partial charge is 0.332 e. The molecule has 0 spiro atoms. The summed E-state index contributed by atoms with van der Waals surface area (Å²) < 4.78 is 0. The first-order chi connectivity index (χ1) is 11.7. The van der Waals surface area contributed by atoms with Gasteiger partial charge in [0, 0.05) is 6.04 Å². The van der Waals surface area contributed by atoms with E-state index in [9.17, 15) is 9.59 Å². The van der Waals surface area contributed by atoms with Gasteiger partial charge in [0.15, 0.2) is 0 Å². The van der Waals surface area contributed by atoms with Crippen LogP contribution in [0.4, 0.5) is 0 Å². The Labute approximate surface area is 143 Å². The third kappa shape index (κ3) is 3.56. The number of Topliss-reactive ketones (excluding diaryl/α,β-unsaturated/α-hetero) is 1. The van der Waals surface area contributed by atoms with Gasteiger partial charge in [-0.2, -0.15) is 0 Å². The van der Waals surface area contributed by atoms with Crippen LogP contribution in [0.15, 0.2) is 60.7 Å². The summed E-state index contributed by atoms with van der Waals surface area (Å²) in [5, 5.41) is 0. The highest BCUT2D eigenvalue weighted by Gasteiger charge is 2.34. The Morgan fingerprint density at radius 1 is 0.958 bits per heavy atom. The maximum absolute atomic E-state index is 13.4. The van der Waals surface area contributed by atoms with E-state index in [1.165, 1.54) is 0 Å². The van der Waals surface area contributed by atoms with Crippen LogP contribution in [-0.2, 0) is 9.59 Å². The maximum Gasteiger partial charge on any atom is 0.235 e. The molecule has 24 heavy (non-hydrogen) atoms. The molecule has 1 amide bonds. The van der Waals surface area contributed by atoms with E-state index < -0.39 is 0 Å². The van der Waals surface area contributed by atoms with Gasteiger partial charge in [0.05, 0.1) is 12.5 Å². The second-order valence-corrected chi connectivity index (χ2v) is 6.51. The van der Waals surface area contributed by atoms with E-state index in [0.717, 1.165) is 30.4 Å². The van der Waals surface area contributed by atoms with Gasteiger partial charge in [0.25, 0.3) is 0 Å². The molecular formula is C21H23NO2. The molecule has 0 aromatic heterocycles. The standard InChI is InChI=1S/C21H23NO2/c1-16(23)15-22(19-13-8-14-19)21(24)20(17-9-4-2-5-10-17)18-11-6-3-7-12-18/h2-7,9-12,19-20H,8,13-15H2,1H3. The van der Waals surface area contributed by atoms with Crippen molar-refractivity contribution in [3.63, 3.8) is 0 Å². The normalized spacial score (nSPS) is 14.2. The van der Waals surface area contributed by atoms with Crippen molar-refractivity contribution in [3.05, 3.63) is 71.8 Å². The summed E-state index contributed by atoms with van der Waals surface area (Å²) in [6, 6.07) is 19.9. The minimum Gasteiger partial charge on any atom is -0.332 e. The van der Waals surface area contributed by atoms with Crippen molar-refractivity contribution in [1.82, 2.24) is 4.90 Å². The quantitative estimate of drug-likeness (QED) is 0.812. The molecule has 1 aliphatic rings. The molecule has 0 saturated heterocycles. The fraction of sp³-hybridized carbons (Fsp3) is 0.333. The molecule has 2 aromatic carbocycles. The van der Waals surface area contributed by atoms with E-state index >= 15 is 0 Å². The molecule has 0 heterocycles. The van der Waals surface area contributed by atoms with Crippen molar-refractivity contribution in [2.24, 2.45) is 0 Å². The summed E-state index contributed by atoms with van der Waals surface area (Å²) in [6.07, 6.45) is 3.12.